The van der Waals surface area contributed by atoms with Gasteiger partial charge >= 0.3 is 5.69 Å². The Labute approximate surface area is 171 Å². The maximum Gasteiger partial charge on any atom is 0.332 e. The van der Waals surface area contributed by atoms with Gasteiger partial charge in [0.05, 0.1) is 22.8 Å². The third-order valence-corrected chi connectivity index (χ3v) is 4.91. The number of fused-ring (bicyclic) bond motifs is 1. The molecular weight excluding hydrogens is 384 g/mol. The van der Waals surface area contributed by atoms with Crippen molar-refractivity contribution in [3.05, 3.63) is 87.0 Å². The molecule has 1 aromatic carbocycles. The first-order valence-electron chi connectivity index (χ1n) is 9.38. The van der Waals surface area contributed by atoms with Crippen LogP contribution >= 0.6 is 0 Å². The third kappa shape index (κ3) is 3.52. The van der Waals surface area contributed by atoms with E-state index in [1.165, 1.54) is 30.9 Å². The van der Waals surface area contributed by atoms with E-state index < -0.39 is 11.2 Å². The molecule has 4 aromatic rings. The summed E-state index contributed by atoms with van der Waals surface area (Å²) < 4.78 is 4.06. The zero-order chi connectivity index (χ0) is 21.3. The molecule has 0 bridgehead atoms. The van der Waals surface area contributed by atoms with Crippen molar-refractivity contribution >= 4 is 16.9 Å². The van der Waals surface area contributed by atoms with E-state index in [4.69, 9.17) is 0 Å². The van der Waals surface area contributed by atoms with E-state index in [0.29, 0.717) is 13.0 Å². The molecule has 0 spiro atoms. The van der Waals surface area contributed by atoms with Crippen LogP contribution in [0, 0.1) is 0 Å². The van der Waals surface area contributed by atoms with Crippen LogP contribution in [0.3, 0.4) is 0 Å². The summed E-state index contributed by atoms with van der Waals surface area (Å²) in [6.45, 7) is 0.405. The van der Waals surface area contributed by atoms with Crippen molar-refractivity contribution in [1.29, 1.82) is 0 Å². The monoisotopic (exact) mass is 404 g/mol. The topological polar surface area (TPSA) is 104 Å². The number of carbonyl (C=O) groups is 1. The number of nitrogens with zero attached hydrogens (tertiary/aromatic N) is 5. The fourth-order valence-corrected chi connectivity index (χ4v) is 3.22. The number of aryl methyl sites for hydroxylation is 1. The number of amides is 1. The summed E-state index contributed by atoms with van der Waals surface area (Å²) in [5, 5.41) is 7.39. The molecule has 9 heteroatoms. The Kier molecular flexibility index (Phi) is 5.01. The fraction of sp³-hybridized carbons (Fsp3) is 0.190. The molecule has 0 aliphatic carbocycles. The summed E-state index contributed by atoms with van der Waals surface area (Å²) >= 11 is 0. The maximum absolute atomic E-state index is 12.5. The number of aromatic nitrogens is 5. The van der Waals surface area contributed by atoms with Gasteiger partial charge in [0.2, 0.25) is 0 Å². The van der Waals surface area contributed by atoms with E-state index in [0.717, 1.165) is 15.8 Å². The van der Waals surface area contributed by atoms with Crippen molar-refractivity contribution in [2.45, 2.75) is 6.42 Å². The molecule has 1 N–H and O–H groups in total. The number of nitrogens with one attached hydrogen (secondary N) is 1. The molecule has 0 fully saturated rings. The van der Waals surface area contributed by atoms with Gasteiger partial charge in [-0.3, -0.25) is 18.7 Å². The molecule has 0 aliphatic heterocycles. The van der Waals surface area contributed by atoms with Crippen molar-refractivity contribution in [2.75, 3.05) is 6.54 Å². The number of hydrogen-bond donors (Lipinski definition) is 1. The molecule has 1 amide bonds. The van der Waals surface area contributed by atoms with E-state index in [1.54, 1.807) is 10.9 Å². The van der Waals surface area contributed by atoms with Crippen LogP contribution in [0.25, 0.3) is 16.7 Å². The Morgan fingerprint density at radius 2 is 1.83 bits per heavy atom. The maximum atomic E-state index is 12.5. The van der Waals surface area contributed by atoms with Crippen molar-refractivity contribution < 1.29 is 4.79 Å². The molecule has 3 heterocycles. The van der Waals surface area contributed by atoms with Gasteiger partial charge < -0.3 is 5.32 Å². The molecule has 4 rings (SSSR count). The van der Waals surface area contributed by atoms with E-state index in [1.807, 2.05) is 36.5 Å². The summed E-state index contributed by atoms with van der Waals surface area (Å²) in [4.78, 5) is 41.0. The van der Waals surface area contributed by atoms with Crippen LogP contribution in [-0.2, 0) is 20.5 Å². The molecule has 0 saturated carbocycles. The molecule has 0 saturated heterocycles. The van der Waals surface area contributed by atoms with Crippen molar-refractivity contribution in [3.63, 3.8) is 0 Å². The Hall–Kier alpha value is -4.01. The van der Waals surface area contributed by atoms with Crippen LogP contribution in [0.5, 0.6) is 0 Å². The fourth-order valence-electron chi connectivity index (χ4n) is 3.22. The van der Waals surface area contributed by atoms with Crippen LogP contribution in [0.2, 0.25) is 0 Å². The molecule has 0 radical (unpaired) electrons. The SMILES string of the molecule is Cn1c(=O)c2cc(C(=O)NCCc3cnn(-c4ccccc4)c3)cnc2n(C)c1=O. The first-order chi connectivity index (χ1) is 14.5. The molecule has 30 heavy (non-hydrogen) atoms. The molecule has 0 aliphatic rings. The first-order valence-corrected chi connectivity index (χ1v) is 9.38. The largest absolute Gasteiger partial charge is 0.352 e. The zero-order valence-corrected chi connectivity index (χ0v) is 16.6. The van der Waals surface area contributed by atoms with Gasteiger partial charge in [0.1, 0.15) is 5.65 Å². The van der Waals surface area contributed by atoms with Gasteiger partial charge in [-0.25, -0.2) is 14.5 Å². The molecule has 0 atom stereocenters. The van der Waals surface area contributed by atoms with Gasteiger partial charge in [-0.15, -0.1) is 0 Å². The minimum atomic E-state index is -0.483. The number of para-hydroxylation sites is 1. The molecule has 3 aromatic heterocycles. The lowest BCUT2D eigenvalue weighted by molar-refractivity contribution is 0.0954. The molecular formula is C21H20N6O3. The van der Waals surface area contributed by atoms with Crippen molar-refractivity contribution in [1.82, 2.24) is 29.2 Å². The Bertz CT molecular complexity index is 1350. The number of hydrogen-bond acceptors (Lipinski definition) is 5. The zero-order valence-electron chi connectivity index (χ0n) is 16.6. The van der Waals surface area contributed by atoms with Crippen LogP contribution in [-0.4, -0.2) is 36.4 Å². The first kappa shape index (κ1) is 19.3. The summed E-state index contributed by atoms with van der Waals surface area (Å²) in [7, 11) is 2.93. The molecule has 9 nitrogen and oxygen atoms in total. The van der Waals surface area contributed by atoms with Crippen LogP contribution in [0.4, 0.5) is 0 Å². The van der Waals surface area contributed by atoms with Gasteiger partial charge in [-0.1, -0.05) is 18.2 Å². The summed E-state index contributed by atoms with van der Waals surface area (Å²) in [5.74, 6) is -0.337. The number of carbonyl (C=O) groups excluding carboxylic acids is 1. The highest BCUT2D eigenvalue weighted by Crippen LogP contribution is 2.09. The van der Waals surface area contributed by atoms with Crippen LogP contribution < -0.4 is 16.6 Å². The highest BCUT2D eigenvalue weighted by Gasteiger charge is 2.13. The second-order valence-corrected chi connectivity index (χ2v) is 6.94. The number of rotatable bonds is 5. The summed E-state index contributed by atoms with van der Waals surface area (Å²) in [6, 6.07) is 11.2. The highest BCUT2D eigenvalue weighted by molar-refractivity contribution is 5.96. The normalized spacial score (nSPS) is 11.0. The second-order valence-electron chi connectivity index (χ2n) is 6.94. The lowest BCUT2D eigenvalue weighted by Crippen LogP contribution is -2.37. The molecule has 152 valence electrons. The van der Waals surface area contributed by atoms with E-state index >= 15 is 0 Å². The Morgan fingerprint density at radius 1 is 1.07 bits per heavy atom. The molecule has 0 unspecified atom stereocenters. The number of benzene rings is 1. The van der Waals surface area contributed by atoms with E-state index in [-0.39, 0.29) is 22.5 Å². The van der Waals surface area contributed by atoms with Crippen molar-refractivity contribution in [3.8, 4) is 5.69 Å². The quantitative estimate of drug-likeness (QED) is 0.530. The van der Waals surface area contributed by atoms with Crippen molar-refractivity contribution in [2.24, 2.45) is 14.1 Å². The van der Waals surface area contributed by atoms with Gasteiger partial charge in [0, 0.05) is 33.0 Å². The van der Waals surface area contributed by atoms with Gasteiger partial charge in [-0.05, 0) is 30.2 Å². The third-order valence-electron chi connectivity index (χ3n) is 4.91. The standard InChI is InChI=1S/C21H20N6O3/c1-25-18-17(20(29)26(2)21(25)30)10-15(12-23-18)19(28)22-9-8-14-11-24-27(13-14)16-6-4-3-5-7-16/h3-7,10-13H,8-9H2,1-2H3,(H,22,28). The lowest BCUT2D eigenvalue weighted by atomic mass is 10.2. The predicted octanol–water partition coefficient (Wildman–Crippen LogP) is 0.790. The average Bonchev–Trinajstić information content (AvgIpc) is 3.25. The minimum Gasteiger partial charge on any atom is -0.352 e. The Balaban J connectivity index is 1.46. The van der Waals surface area contributed by atoms with Crippen LogP contribution in [0.1, 0.15) is 15.9 Å². The van der Waals surface area contributed by atoms with Gasteiger partial charge in [0.25, 0.3) is 11.5 Å². The highest BCUT2D eigenvalue weighted by atomic mass is 16.2. The summed E-state index contributed by atoms with van der Waals surface area (Å²) in [5.41, 5.74) is 1.51. The minimum absolute atomic E-state index is 0.219. The summed E-state index contributed by atoms with van der Waals surface area (Å²) in [6.07, 6.45) is 5.66. The predicted molar refractivity (Wildman–Crippen MR) is 112 cm³/mol. The smallest absolute Gasteiger partial charge is 0.332 e. The average molecular weight is 404 g/mol. The van der Waals surface area contributed by atoms with Gasteiger partial charge in [-0.2, -0.15) is 5.10 Å². The number of pyridine rings is 1. The Morgan fingerprint density at radius 3 is 2.60 bits per heavy atom. The lowest BCUT2D eigenvalue weighted by Gasteiger charge is -2.08. The van der Waals surface area contributed by atoms with Crippen LogP contribution in [0.15, 0.2) is 64.6 Å². The second kappa shape index (κ2) is 7.78. The van der Waals surface area contributed by atoms with E-state index in [2.05, 4.69) is 15.4 Å². The van der Waals surface area contributed by atoms with Gasteiger partial charge in [0.15, 0.2) is 0 Å². The van der Waals surface area contributed by atoms with E-state index in [9.17, 15) is 14.4 Å².